The van der Waals surface area contributed by atoms with E-state index in [1.165, 1.54) is 6.20 Å². The highest BCUT2D eigenvalue weighted by molar-refractivity contribution is 6.07. The van der Waals surface area contributed by atoms with Crippen molar-refractivity contribution in [3.8, 4) is 0 Å². The fourth-order valence-electron chi connectivity index (χ4n) is 2.41. The molecule has 2 aromatic rings. The van der Waals surface area contributed by atoms with E-state index >= 15 is 0 Å². The van der Waals surface area contributed by atoms with Crippen LogP contribution in [0.1, 0.15) is 29.0 Å². The Hall–Kier alpha value is -2.76. The predicted molar refractivity (Wildman–Crippen MR) is 82.8 cm³/mol. The van der Waals surface area contributed by atoms with Gasteiger partial charge in [0.15, 0.2) is 0 Å². The number of aromatic nitrogens is 2. The molecule has 112 valence electrons. The summed E-state index contributed by atoms with van der Waals surface area (Å²) in [6.07, 6.45) is 4.37. The summed E-state index contributed by atoms with van der Waals surface area (Å²) in [5.74, 6) is -0.261. The van der Waals surface area contributed by atoms with E-state index in [9.17, 15) is 9.59 Å². The van der Waals surface area contributed by atoms with Gasteiger partial charge in [0.2, 0.25) is 5.91 Å². The number of hydrogen-bond acceptors (Lipinski definition) is 4. The number of carbonyl (C=O) groups excluding carboxylic acids is 2. The second-order valence-electron chi connectivity index (χ2n) is 5.16. The first-order valence-corrected chi connectivity index (χ1v) is 7.14. The molecular weight excluding hydrogens is 280 g/mol. The number of nitrogens with zero attached hydrogens (tertiary/aromatic N) is 3. The molecule has 2 heterocycles. The van der Waals surface area contributed by atoms with Gasteiger partial charge in [0.1, 0.15) is 5.69 Å². The van der Waals surface area contributed by atoms with Crippen molar-refractivity contribution in [2.45, 2.75) is 19.8 Å². The van der Waals surface area contributed by atoms with Gasteiger partial charge in [-0.3, -0.25) is 14.6 Å². The van der Waals surface area contributed by atoms with Crippen molar-refractivity contribution in [2.75, 3.05) is 16.8 Å². The number of hydrogen-bond donors (Lipinski definition) is 1. The molecule has 22 heavy (non-hydrogen) atoms. The Morgan fingerprint density at radius 2 is 2.05 bits per heavy atom. The lowest BCUT2D eigenvalue weighted by molar-refractivity contribution is -0.117. The zero-order chi connectivity index (χ0) is 15.5. The molecule has 0 unspecified atom stereocenters. The monoisotopic (exact) mass is 296 g/mol. The molecule has 0 saturated carbocycles. The SMILES string of the molecule is Cc1cnc(C(=O)Nc2ccccc2N2CCCC2=O)cn1. The van der Waals surface area contributed by atoms with Gasteiger partial charge < -0.3 is 10.2 Å². The molecule has 3 rings (SSSR count). The highest BCUT2D eigenvalue weighted by atomic mass is 16.2. The minimum absolute atomic E-state index is 0.0804. The van der Waals surface area contributed by atoms with Gasteiger partial charge in [0.25, 0.3) is 5.91 Å². The fourth-order valence-corrected chi connectivity index (χ4v) is 2.41. The summed E-state index contributed by atoms with van der Waals surface area (Å²) in [6, 6.07) is 7.28. The topological polar surface area (TPSA) is 75.2 Å². The predicted octanol–water partition coefficient (Wildman–Crippen LogP) is 2.16. The van der Waals surface area contributed by atoms with E-state index in [0.29, 0.717) is 18.7 Å². The molecule has 1 aliphatic rings. The summed E-state index contributed by atoms with van der Waals surface area (Å²) in [5.41, 5.74) is 2.32. The van der Waals surface area contributed by atoms with Crippen molar-refractivity contribution < 1.29 is 9.59 Å². The summed E-state index contributed by atoms with van der Waals surface area (Å²) in [6.45, 7) is 2.49. The summed E-state index contributed by atoms with van der Waals surface area (Å²) in [5, 5.41) is 2.81. The van der Waals surface area contributed by atoms with Gasteiger partial charge in [0, 0.05) is 19.2 Å². The quantitative estimate of drug-likeness (QED) is 0.941. The van der Waals surface area contributed by atoms with Gasteiger partial charge >= 0.3 is 0 Å². The van der Waals surface area contributed by atoms with Crippen LogP contribution in [-0.4, -0.2) is 28.3 Å². The first kappa shape index (κ1) is 14.2. The summed E-state index contributed by atoms with van der Waals surface area (Å²) < 4.78 is 0. The Bertz CT molecular complexity index is 712. The van der Waals surface area contributed by atoms with Crippen LogP contribution in [0.15, 0.2) is 36.7 Å². The van der Waals surface area contributed by atoms with Crippen molar-refractivity contribution in [1.29, 1.82) is 0 Å². The summed E-state index contributed by atoms with van der Waals surface area (Å²) in [7, 11) is 0. The molecular formula is C16H16N4O2. The lowest BCUT2D eigenvalue weighted by Gasteiger charge is -2.19. The first-order valence-electron chi connectivity index (χ1n) is 7.14. The van der Waals surface area contributed by atoms with Gasteiger partial charge in [-0.15, -0.1) is 0 Å². The summed E-state index contributed by atoms with van der Waals surface area (Å²) in [4.78, 5) is 34.0. The number of amides is 2. The number of carbonyl (C=O) groups is 2. The Labute approximate surface area is 128 Å². The average Bonchev–Trinajstić information content (AvgIpc) is 2.94. The largest absolute Gasteiger partial charge is 0.319 e. The molecule has 1 N–H and O–H groups in total. The van der Waals surface area contributed by atoms with E-state index < -0.39 is 0 Å². The van der Waals surface area contributed by atoms with Crippen LogP contribution in [0.5, 0.6) is 0 Å². The van der Waals surface area contributed by atoms with Crippen molar-refractivity contribution in [3.05, 3.63) is 48.0 Å². The molecule has 6 nitrogen and oxygen atoms in total. The van der Waals surface area contributed by atoms with Crippen LogP contribution in [0, 0.1) is 6.92 Å². The standard InChI is InChI=1S/C16H16N4O2/c1-11-9-18-13(10-17-11)16(22)19-12-5-2-3-6-14(12)20-8-4-7-15(20)21/h2-3,5-6,9-10H,4,7-8H2,1H3,(H,19,22). The van der Waals surface area contributed by atoms with Crippen LogP contribution in [0.2, 0.25) is 0 Å². The second kappa shape index (κ2) is 5.93. The number of aryl methyl sites for hydroxylation is 1. The number of rotatable bonds is 3. The van der Waals surface area contributed by atoms with Gasteiger partial charge in [-0.1, -0.05) is 12.1 Å². The van der Waals surface area contributed by atoms with Crippen LogP contribution < -0.4 is 10.2 Å². The molecule has 0 bridgehead atoms. The third kappa shape index (κ3) is 2.81. The minimum atomic E-state index is -0.341. The van der Waals surface area contributed by atoms with Crippen molar-refractivity contribution in [1.82, 2.24) is 9.97 Å². The van der Waals surface area contributed by atoms with Gasteiger partial charge in [-0.05, 0) is 25.5 Å². The highest BCUT2D eigenvalue weighted by Crippen LogP contribution is 2.29. The third-order valence-corrected chi connectivity index (χ3v) is 3.53. The van der Waals surface area contributed by atoms with Crippen molar-refractivity contribution in [2.24, 2.45) is 0 Å². The molecule has 0 atom stereocenters. The maximum Gasteiger partial charge on any atom is 0.275 e. The van der Waals surface area contributed by atoms with Crippen LogP contribution in [0.3, 0.4) is 0 Å². The van der Waals surface area contributed by atoms with Crippen LogP contribution in [0.4, 0.5) is 11.4 Å². The Morgan fingerprint density at radius 1 is 1.23 bits per heavy atom. The minimum Gasteiger partial charge on any atom is -0.319 e. The number of anilines is 2. The number of benzene rings is 1. The van der Waals surface area contributed by atoms with E-state index in [1.54, 1.807) is 17.2 Å². The van der Waals surface area contributed by atoms with Crippen LogP contribution in [-0.2, 0) is 4.79 Å². The normalized spacial score (nSPS) is 14.2. The van der Waals surface area contributed by atoms with Crippen molar-refractivity contribution >= 4 is 23.2 Å². The second-order valence-corrected chi connectivity index (χ2v) is 5.16. The lowest BCUT2D eigenvalue weighted by Crippen LogP contribution is -2.25. The molecule has 6 heteroatoms. The van der Waals surface area contributed by atoms with E-state index in [2.05, 4.69) is 15.3 Å². The lowest BCUT2D eigenvalue weighted by atomic mass is 10.2. The zero-order valence-electron chi connectivity index (χ0n) is 12.2. The van der Waals surface area contributed by atoms with E-state index in [0.717, 1.165) is 17.8 Å². The van der Waals surface area contributed by atoms with Gasteiger partial charge in [-0.2, -0.15) is 0 Å². The van der Waals surface area contributed by atoms with E-state index in [4.69, 9.17) is 0 Å². The van der Waals surface area contributed by atoms with Crippen LogP contribution >= 0.6 is 0 Å². The Kier molecular flexibility index (Phi) is 3.82. The maximum absolute atomic E-state index is 12.3. The Balaban J connectivity index is 1.84. The number of para-hydroxylation sites is 2. The van der Waals surface area contributed by atoms with E-state index in [-0.39, 0.29) is 17.5 Å². The molecule has 1 saturated heterocycles. The average molecular weight is 296 g/mol. The molecule has 1 aromatic carbocycles. The zero-order valence-corrected chi connectivity index (χ0v) is 12.2. The molecule has 1 aromatic heterocycles. The van der Waals surface area contributed by atoms with Crippen molar-refractivity contribution in [3.63, 3.8) is 0 Å². The molecule has 1 aliphatic heterocycles. The van der Waals surface area contributed by atoms with Crippen LogP contribution in [0.25, 0.3) is 0 Å². The summed E-state index contributed by atoms with van der Waals surface area (Å²) >= 11 is 0. The van der Waals surface area contributed by atoms with E-state index in [1.807, 2.05) is 25.1 Å². The molecule has 0 aliphatic carbocycles. The fraction of sp³-hybridized carbons (Fsp3) is 0.250. The molecule has 0 radical (unpaired) electrons. The molecule has 0 spiro atoms. The van der Waals surface area contributed by atoms with Gasteiger partial charge in [0.05, 0.1) is 23.3 Å². The highest BCUT2D eigenvalue weighted by Gasteiger charge is 2.24. The smallest absolute Gasteiger partial charge is 0.275 e. The Morgan fingerprint density at radius 3 is 2.73 bits per heavy atom. The van der Waals surface area contributed by atoms with Gasteiger partial charge in [-0.25, -0.2) is 4.98 Å². The number of nitrogens with one attached hydrogen (secondary N) is 1. The first-order chi connectivity index (χ1) is 10.6. The molecule has 2 amide bonds. The maximum atomic E-state index is 12.3. The molecule has 1 fully saturated rings. The third-order valence-electron chi connectivity index (χ3n) is 3.53.